The highest BCUT2D eigenvalue weighted by molar-refractivity contribution is 7.13. The number of hydrogen-bond acceptors (Lipinski definition) is 10. The van der Waals surface area contributed by atoms with Crippen molar-refractivity contribution < 1.29 is 33.7 Å². The molecule has 1 fully saturated rings. The summed E-state index contributed by atoms with van der Waals surface area (Å²) in [6.07, 6.45) is 8.87. The van der Waals surface area contributed by atoms with Gasteiger partial charge in [-0.05, 0) is 36.6 Å². The number of carbonyl (C=O) groups is 4. The number of carboxylic acid groups (broad SMARTS) is 1. The number of fused-ring (bicyclic) bond motifs is 1. The topological polar surface area (TPSA) is 174 Å². The molecule has 0 unspecified atom stereocenters. The minimum absolute atomic E-state index is 0.170. The van der Waals surface area contributed by atoms with Crippen molar-refractivity contribution in [2.75, 3.05) is 17.7 Å². The van der Waals surface area contributed by atoms with E-state index in [2.05, 4.69) is 15.5 Å². The number of aromatic nitrogens is 2. The number of β-lactam (4-membered cyclic amide) rings is 1. The molecule has 3 N–H and O–H groups in total. The molecule has 0 spiro atoms. The minimum atomic E-state index is -1.55. The van der Waals surface area contributed by atoms with Crippen molar-refractivity contribution in [3.05, 3.63) is 70.8 Å². The van der Waals surface area contributed by atoms with Crippen LogP contribution < -0.4 is 25.6 Å². The lowest BCUT2D eigenvalue weighted by molar-refractivity contribution is -0.670. The van der Waals surface area contributed by atoms with Gasteiger partial charge >= 0.3 is 0 Å². The number of pyridine rings is 1. The van der Waals surface area contributed by atoms with E-state index in [1.807, 2.05) is 13.2 Å². The van der Waals surface area contributed by atoms with Crippen molar-refractivity contribution in [3.63, 3.8) is 0 Å². The summed E-state index contributed by atoms with van der Waals surface area (Å²) in [6.45, 7) is 0. The lowest BCUT2D eigenvalue weighted by atomic mass is 9.83. The number of hydrogen-bond donors (Lipinski definition) is 2. The second kappa shape index (κ2) is 10.1. The molecule has 2 aromatic heterocycles. The van der Waals surface area contributed by atoms with E-state index >= 15 is 0 Å². The fraction of sp³-hybridized carbons (Fsp3) is 0.240. The van der Waals surface area contributed by atoms with Gasteiger partial charge in [-0.2, -0.15) is 0 Å². The number of rotatable bonds is 7. The number of amides is 3. The van der Waals surface area contributed by atoms with Gasteiger partial charge in [0.05, 0.1) is 17.7 Å². The normalized spacial score (nSPS) is 21.8. The Morgan fingerprint density at radius 2 is 2.18 bits per heavy atom. The van der Waals surface area contributed by atoms with E-state index in [4.69, 9.17) is 10.6 Å². The van der Waals surface area contributed by atoms with Crippen molar-refractivity contribution in [2.45, 2.75) is 24.9 Å². The van der Waals surface area contributed by atoms with E-state index in [-0.39, 0.29) is 45.7 Å². The SMILES string of the molecule is CO/N=C(\C(=O)N[C@@H]1C(=O)N2C(C(=O)[O-])=C(/C=C3\C=CN(c4ccc[n+](C)c4)C3=O)CC[C@H]12)c1csc(N)n1. The summed E-state index contributed by atoms with van der Waals surface area (Å²) in [5.41, 5.74) is 6.55. The van der Waals surface area contributed by atoms with Gasteiger partial charge in [-0.15, -0.1) is 11.3 Å². The number of nitrogen functional groups attached to an aromatic ring is 1. The van der Waals surface area contributed by atoms with Crippen LogP contribution in [0.3, 0.4) is 0 Å². The van der Waals surface area contributed by atoms with Crippen LogP contribution in [-0.4, -0.2) is 58.5 Å². The van der Waals surface area contributed by atoms with Crippen molar-refractivity contribution in [3.8, 4) is 0 Å². The molecule has 2 aromatic rings. The maximum Gasteiger partial charge on any atom is 0.276 e. The Kier molecular flexibility index (Phi) is 6.70. The molecule has 13 nitrogen and oxygen atoms in total. The predicted octanol–water partition coefficient (Wildman–Crippen LogP) is -1.12. The quantitative estimate of drug-likeness (QED) is 0.144. The average Bonchev–Trinajstić information content (AvgIpc) is 3.50. The van der Waals surface area contributed by atoms with Crippen molar-refractivity contribution >= 4 is 51.6 Å². The van der Waals surface area contributed by atoms with E-state index in [1.54, 1.807) is 35.2 Å². The highest BCUT2D eigenvalue weighted by Crippen LogP contribution is 2.38. The molecule has 3 aliphatic rings. The number of aliphatic carboxylic acids is 1. The number of allylic oxidation sites excluding steroid dienone is 2. The number of nitrogens with two attached hydrogens (primary N) is 1. The molecule has 2 atom stereocenters. The standard InChI is InChI=1S/C25H23N7O6S/c1-30-8-3-4-15(11-30)31-9-7-14(22(31)34)10-13-5-6-17-19(23(35)32(17)20(13)24(36)37)28-21(33)18(29-38-2)16-12-39-25(26)27-16/h3-4,7-12,17,19H,5-6H2,1-2H3,(H3-,26,27,28,33,36,37)/b14-10+,29-18-/t17-,19+/m1/s1. The van der Waals surface area contributed by atoms with E-state index in [1.165, 1.54) is 23.5 Å². The van der Waals surface area contributed by atoms with Gasteiger partial charge in [0.25, 0.3) is 17.7 Å². The van der Waals surface area contributed by atoms with Crippen molar-refractivity contribution in [1.29, 1.82) is 0 Å². The summed E-state index contributed by atoms with van der Waals surface area (Å²) >= 11 is 1.11. The van der Waals surface area contributed by atoms with E-state index < -0.39 is 29.9 Å². The zero-order chi connectivity index (χ0) is 27.8. The third-order valence-electron chi connectivity index (χ3n) is 6.52. The third kappa shape index (κ3) is 4.65. The fourth-order valence-corrected chi connectivity index (χ4v) is 5.32. The zero-order valence-electron chi connectivity index (χ0n) is 20.9. The van der Waals surface area contributed by atoms with Crippen LogP contribution in [0.4, 0.5) is 10.8 Å². The van der Waals surface area contributed by atoms with Gasteiger partial charge in [0, 0.05) is 23.2 Å². The number of aryl methyl sites for hydroxylation is 1. The Bertz CT molecular complexity index is 1520. The predicted molar refractivity (Wildman–Crippen MR) is 136 cm³/mol. The van der Waals surface area contributed by atoms with Crippen LogP contribution >= 0.6 is 11.3 Å². The molecule has 0 bridgehead atoms. The summed E-state index contributed by atoms with van der Waals surface area (Å²) in [5, 5.41) is 20.2. The lowest BCUT2D eigenvalue weighted by Gasteiger charge is -2.51. The smallest absolute Gasteiger partial charge is 0.276 e. The molecular formula is C25H23N7O6S. The number of nitrogens with zero attached hydrogens (tertiary/aromatic N) is 5. The molecule has 1 saturated heterocycles. The minimum Gasteiger partial charge on any atom is -0.543 e. The van der Waals surface area contributed by atoms with E-state index in [0.29, 0.717) is 12.1 Å². The number of oxime groups is 1. The summed E-state index contributed by atoms with van der Waals surface area (Å²) in [5.74, 6) is -3.22. The summed E-state index contributed by atoms with van der Waals surface area (Å²) < 4.78 is 1.80. The van der Waals surface area contributed by atoms with Crippen LogP contribution in [0.15, 0.2) is 70.3 Å². The molecule has 200 valence electrons. The van der Waals surface area contributed by atoms with Crippen LogP contribution in [-0.2, 0) is 31.1 Å². The van der Waals surface area contributed by atoms with Gasteiger partial charge in [-0.25, -0.2) is 9.55 Å². The molecule has 0 radical (unpaired) electrons. The molecule has 3 aliphatic heterocycles. The molecule has 14 heteroatoms. The Morgan fingerprint density at radius 3 is 2.85 bits per heavy atom. The first kappa shape index (κ1) is 25.8. The third-order valence-corrected chi connectivity index (χ3v) is 7.19. The van der Waals surface area contributed by atoms with Crippen LogP contribution in [0.2, 0.25) is 0 Å². The largest absolute Gasteiger partial charge is 0.543 e. The molecule has 5 rings (SSSR count). The molecule has 39 heavy (non-hydrogen) atoms. The van der Waals surface area contributed by atoms with Crippen LogP contribution in [0.25, 0.3) is 0 Å². The van der Waals surface area contributed by atoms with E-state index in [9.17, 15) is 24.3 Å². The maximum atomic E-state index is 13.1. The Morgan fingerprint density at radius 1 is 1.38 bits per heavy atom. The second-order valence-electron chi connectivity index (χ2n) is 8.94. The van der Waals surface area contributed by atoms with Crippen LogP contribution in [0, 0.1) is 0 Å². The number of nitrogens with one attached hydrogen (secondary N) is 1. The Labute approximate surface area is 226 Å². The lowest BCUT2D eigenvalue weighted by Crippen LogP contribution is -2.72. The molecule has 5 heterocycles. The Balaban J connectivity index is 1.36. The number of thiazole rings is 1. The van der Waals surface area contributed by atoms with Crippen LogP contribution in [0.5, 0.6) is 0 Å². The average molecular weight is 550 g/mol. The molecular weight excluding hydrogens is 526 g/mol. The molecule has 0 saturated carbocycles. The van der Waals surface area contributed by atoms with Gasteiger partial charge < -0.3 is 30.7 Å². The molecule has 0 aliphatic carbocycles. The molecule has 0 aromatic carbocycles. The van der Waals surface area contributed by atoms with Gasteiger partial charge in [-0.3, -0.25) is 19.3 Å². The van der Waals surface area contributed by atoms with Gasteiger partial charge in [0.2, 0.25) is 0 Å². The van der Waals surface area contributed by atoms with Crippen LogP contribution in [0.1, 0.15) is 18.5 Å². The maximum absolute atomic E-state index is 13.1. The van der Waals surface area contributed by atoms with Gasteiger partial charge in [0.1, 0.15) is 31.6 Å². The van der Waals surface area contributed by atoms with Crippen molar-refractivity contribution in [2.24, 2.45) is 12.2 Å². The number of carboxylic acids is 1. The van der Waals surface area contributed by atoms with E-state index in [0.717, 1.165) is 16.2 Å². The monoisotopic (exact) mass is 549 g/mol. The van der Waals surface area contributed by atoms with Gasteiger partial charge in [0.15, 0.2) is 23.2 Å². The van der Waals surface area contributed by atoms with Gasteiger partial charge in [-0.1, -0.05) is 5.16 Å². The summed E-state index contributed by atoms with van der Waals surface area (Å²) in [7, 11) is 3.09. The van der Waals surface area contributed by atoms with Crippen molar-refractivity contribution in [1.82, 2.24) is 15.2 Å². The Hall–Kier alpha value is -4.85. The highest BCUT2D eigenvalue weighted by Gasteiger charge is 2.52. The number of carbonyl (C=O) groups excluding carboxylic acids is 4. The zero-order valence-corrected chi connectivity index (χ0v) is 21.7. The highest BCUT2D eigenvalue weighted by atomic mass is 32.1. The number of anilines is 2. The fourth-order valence-electron chi connectivity index (χ4n) is 4.77. The summed E-state index contributed by atoms with van der Waals surface area (Å²) in [6, 6.07) is 1.98. The first-order valence-electron chi connectivity index (χ1n) is 11.8. The second-order valence-corrected chi connectivity index (χ2v) is 9.83. The summed E-state index contributed by atoms with van der Waals surface area (Å²) in [4.78, 5) is 62.5. The first-order valence-corrected chi connectivity index (χ1v) is 12.7. The molecule has 3 amide bonds. The first-order chi connectivity index (χ1) is 18.7.